The van der Waals surface area contributed by atoms with Crippen molar-refractivity contribution in [2.75, 3.05) is 6.61 Å². The van der Waals surface area contributed by atoms with Crippen LogP contribution < -0.4 is 4.74 Å². The van der Waals surface area contributed by atoms with Gasteiger partial charge in [0.25, 0.3) is 0 Å². The summed E-state index contributed by atoms with van der Waals surface area (Å²) in [4.78, 5) is 4.64. The molecule has 1 N–H and O–H groups in total. The number of aryl methyl sites for hydroxylation is 1. The fourth-order valence-corrected chi connectivity index (χ4v) is 3.06. The zero-order valence-corrected chi connectivity index (χ0v) is 15.1. The van der Waals surface area contributed by atoms with Gasteiger partial charge >= 0.3 is 0 Å². The lowest BCUT2D eigenvalue weighted by Gasteiger charge is -2.14. The molecule has 0 unspecified atom stereocenters. The summed E-state index contributed by atoms with van der Waals surface area (Å²) in [5.74, 6) is 1.56. The van der Waals surface area contributed by atoms with Crippen molar-refractivity contribution >= 4 is 22.6 Å². The second-order valence-corrected chi connectivity index (χ2v) is 6.51. The average Bonchev–Trinajstić information content (AvgIpc) is 2.99. The third-order valence-electron chi connectivity index (χ3n) is 4.15. The molecule has 1 heterocycles. The summed E-state index contributed by atoms with van der Waals surface area (Å²) in [5.41, 5.74) is 1.98. The molecule has 4 nitrogen and oxygen atoms in total. The largest absolute Gasteiger partial charge is 0.494 e. The lowest BCUT2D eigenvalue weighted by atomic mass is 10.2. The van der Waals surface area contributed by atoms with Crippen LogP contribution in [0.5, 0.6) is 5.75 Å². The van der Waals surface area contributed by atoms with Crippen molar-refractivity contribution < 1.29 is 9.84 Å². The normalized spacial score (nSPS) is 12.4. The molecule has 2 aromatic carbocycles. The summed E-state index contributed by atoms with van der Waals surface area (Å²) in [6.45, 7) is 3.41. The molecule has 3 rings (SSSR count). The number of halogens is 1. The van der Waals surface area contributed by atoms with Gasteiger partial charge in [0.05, 0.1) is 17.6 Å². The van der Waals surface area contributed by atoms with Gasteiger partial charge < -0.3 is 14.4 Å². The van der Waals surface area contributed by atoms with Gasteiger partial charge in [-0.2, -0.15) is 0 Å². The smallest absolute Gasteiger partial charge is 0.138 e. The van der Waals surface area contributed by atoms with E-state index in [1.165, 1.54) is 0 Å². The van der Waals surface area contributed by atoms with Crippen LogP contribution in [0, 0.1) is 0 Å². The van der Waals surface area contributed by atoms with Crippen molar-refractivity contribution in [2.45, 2.75) is 38.8 Å². The van der Waals surface area contributed by atoms with Crippen LogP contribution in [0.1, 0.15) is 38.1 Å². The first-order valence-corrected chi connectivity index (χ1v) is 9.08. The van der Waals surface area contributed by atoms with E-state index in [-0.39, 0.29) is 0 Å². The Labute approximate surface area is 153 Å². The first-order chi connectivity index (χ1) is 12.2. The standard InChI is InChI=1S/C20H23ClN2O2/c1-2-6-19(24)20-22-17-7-3-4-8-18(17)23(20)13-5-14-25-16-11-9-15(21)10-12-16/h3-4,7-12,19,24H,2,5-6,13-14H2,1H3/t19-/m1/s1. The van der Waals surface area contributed by atoms with Gasteiger partial charge in [-0.1, -0.05) is 37.1 Å². The van der Waals surface area contributed by atoms with E-state index >= 15 is 0 Å². The van der Waals surface area contributed by atoms with Crippen LogP contribution in [0.2, 0.25) is 5.02 Å². The molecule has 0 fully saturated rings. The molecule has 0 amide bonds. The van der Waals surface area contributed by atoms with Gasteiger partial charge in [-0.05, 0) is 49.2 Å². The Morgan fingerprint density at radius 2 is 1.92 bits per heavy atom. The minimum atomic E-state index is -0.533. The fourth-order valence-electron chi connectivity index (χ4n) is 2.93. The second-order valence-electron chi connectivity index (χ2n) is 6.07. The minimum absolute atomic E-state index is 0.533. The van der Waals surface area contributed by atoms with Gasteiger partial charge in [-0.15, -0.1) is 0 Å². The van der Waals surface area contributed by atoms with E-state index in [1.54, 1.807) is 0 Å². The average molecular weight is 359 g/mol. The summed E-state index contributed by atoms with van der Waals surface area (Å²) in [6.07, 6.45) is 1.93. The summed E-state index contributed by atoms with van der Waals surface area (Å²) in [5, 5.41) is 11.1. The molecule has 3 aromatic rings. The number of nitrogens with zero attached hydrogens (tertiary/aromatic N) is 2. The maximum Gasteiger partial charge on any atom is 0.138 e. The van der Waals surface area contributed by atoms with Crippen molar-refractivity contribution in [1.82, 2.24) is 9.55 Å². The van der Waals surface area contributed by atoms with Crippen LogP contribution in [-0.4, -0.2) is 21.3 Å². The van der Waals surface area contributed by atoms with E-state index in [1.807, 2.05) is 48.5 Å². The van der Waals surface area contributed by atoms with Gasteiger partial charge in [0.2, 0.25) is 0 Å². The van der Waals surface area contributed by atoms with Gasteiger partial charge in [0.1, 0.15) is 17.7 Å². The van der Waals surface area contributed by atoms with E-state index in [0.717, 1.165) is 42.0 Å². The Balaban J connectivity index is 1.69. The monoisotopic (exact) mass is 358 g/mol. The first kappa shape index (κ1) is 17.8. The van der Waals surface area contributed by atoms with Gasteiger partial charge in [0.15, 0.2) is 0 Å². The van der Waals surface area contributed by atoms with Crippen LogP contribution >= 0.6 is 11.6 Å². The van der Waals surface area contributed by atoms with Crippen molar-refractivity contribution in [2.24, 2.45) is 0 Å². The molecule has 25 heavy (non-hydrogen) atoms. The van der Waals surface area contributed by atoms with E-state index in [9.17, 15) is 5.11 Å². The van der Waals surface area contributed by atoms with E-state index in [0.29, 0.717) is 18.1 Å². The number of benzene rings is 2. The van der Waals surface area contributed by atoms with E-state index in [4.69, 9.17) is 16.3 Å². The molecule has 0 aliphatic carbocycles. The summed E-state index contributed by atoms with van der Waals surface area (Å²) in [7, 11) is 0. The van der Waals surface area contributed by atoms with Gasteiger partial charge in [0, 0.05) is 11.6 Å². The Morgan fingerprint density at radius 1 is 1.16 bits per heavy atom. The molecule has 0 spiro atoms. The third kappa shape index (κ3) is 4.33. The molecule has 0 saturated carbocycles. The van der Waals surface area contributed by atoms with Gasteiger partial charge in [-0.25, -0.2) is 4.98 Å². The van der Waals surface area contributed by atoms with E-state index < -0.39 is 6.10 Å². The Kier molecular flexibility index (Phi) is 5.95. The summed E-state index contributed by atoms with van der Waals surface area (Å²) >= 11 is 5.88. The number of hydrogen-bond acceptors (Lipinski definition) is 3. The quantitative estimate of drug-likeness (QED) is 0.577. The lowest BCUT2D eigenvalue weighted by Crippen LogP contribution is -2.11. The molecule has 1 atom stereocenters. The molecular weight excluding hydrogens is 336 g/mol. The highest BCUT2D eigenvalue weighted by Gasteiger charge is 2.17. The van der Waals surface area contributed by atoms with Crippen LogP contribution in [-0.2, 0) is 6.54 Å². The number of aliphatic hydroxyl groups excluding tert-OH is 1. The fraction of sp³-hybridized carbons (Fsp3) is 0.350. The summed E-state index contributed by atoms with van der Waals surface area (Å²) in [6, 6.07) is 15.4. The van der Waals surface area contributed by atoms with Crippen LogP contribution in [0.3, 0.4) is 0 Å². The number of rotatable bonds is 8. The van der Waals surface area contributed by atoms with Crippen molar-refractivity contribution in [3.8, 4) is 5.75 Å². The van der Waals surface area contributed by atoms with E-state index in [2.05, 4.69) is 16.5 Å². The van der Waals surface area contributed by atoms with Gasteiger partial charge in [-0.3, -0.25) is 0 Å². The molecule has 0 saturated heterocycles. The molecule has 0 aliphatic rings. The SMILES string of the molecule is CCC[C@@H](O)c1nc2ccccc2n1CCCOc1ccc(Cl)cc1. The Morgan fingerprint density at radius 3 is 2.68 bits per heavy atom. The number of fused-ring (bicyclic) bond motifs is 1. The molecule has 132 valence electrons. The third-order valence-corrected chi connectivity index (χ3v) is 4.40. The Bertz CT molecular complexity index is 814. The van der Waals surface area contributed by atoms with Crippen LogP contribution in [0.4, 0.5) is 0 Å². The lowest BCUT2D eigenvalue weighted by molar-refractivity contribution is 0.152. The van der Waals surface area contributed by atoms with Crippen molar-refractivity contribution in [1.29, 1.82) is 0 Å². The summed E-state index contributed by atoms with van der Waals surface area (Å²) < 4.78 is 7.88. The predicted molar refractivity (Wildman–Crippen MR) is 101 cm³/mol. The topological polar surface area (TPSA) is 47.3 Å². The predicted octanol–water partition coefficient (Wildman–Crippen LogP) is 4.99. The molecule has 0 bridgehead atoms. The number of aromatic nitrogens is 2. The zero-order chi connectivity index (χ0) is 17.6. The van der Waals surface area contributed by atoms with Crippen LogP contribution in [0.15, 0.2) is 48.5 Å². The zero-order valence-electron chi connectivity index (χ0n) is 14.4. The molecular formula is C20H23ClN2O2. The van der Waals surface area contributed by atoms with Crippen molar-refractivity contribution in [3.05, 3.63) is 59.4 Å². The molecule has 0 radical (unpaired) electrons. The number of aliphatic hydroxyl groups is 1. The molecule has 5 heteroatoms. The maximum atomic E-state index is 10.4. The highest BCUT2D eigenvalue weighted by Crippen LogP contribution is 2.24. The number of imidazole rings is 1. The maximum absolute atomic E-state index is 10.4. The molecule has 1 aromatic heterocycles. The number of hydrogen-bond donors (Lipinski definition) is 1. The highest BCUT2D eigenvalue weighted by molar-refractivity contribution is 6.30. The second kappa shape index (κ2) is 8.37. The highest BCUT2D eigenvalue weighted by atomic mass is 35.5. The van der Waals surface area contributed by atoms with Crippen LogP contribution in [0.25, 0.3) is 11.0 Å². The first-order valence-electron chi connectivity index (χ1n) is 8.70. The Hall–Kier alpha value is -2.04. The number of ether oxygens (including phenoxy) is 1. The van der Waals surface area contributed by atoms with Crippen molar-refractivity contribution in [3.63, 3.8) is 0 Å². The molecule has 0 aliphatic heterocycles. The number of para-hydroxylation sites is 2. The minimum Gasteiger partial charge on any atom is -0.494 e.